The fourth-order valence-corrected chi connectivity index (χ4v) is 2.70. The Kier molecular flexibility index (Phi) is 3.36. The Balaban J connectivity index is 2.13. The summed E-state index contributed by atoms with van der Waals surface area (Å²) in [5, 5.41) is 8.13. The van der Waals surface area contributed by atoms with Crippen LogP contribution in [0.1, 0.15) is 46.3 Å². The van der Waals surface area contributed by atoms with Gasteiger partial charge in [0, 0.05) is 6.61 Å². The van der Waals surface area contributed by atoms with Crippen LogP contribution in [0.5, 0.6) is 0 Å². The first kappa shape index (κ1) is 13.0. The van der Waals surface area contributed by atoms with Crippen LogP contribution in [0.25, 0.3) is 5.69 Å². The maximum absolute atomic E-state index is 11.2. The number of ether oxygens (including phenoxy) is 1. The van der Waals surface area contributed by atoms with Gasteiger partial charge in [-0.05, 0) is 38.3 Å². The standard InChI is InChI=1S/C15H17N3O2/c1-10-5-6-13(11(2)8-10)18-15(12(9-19)16-17-18)14-4-3-7-20-14/h5-6,8-9,14H,3-4,7H2,1-2H3. The third-order valence-electron chi connectivity index (χ3n) is 3.66. The van der Waals surface area contributed by atoms with Crippen molar-refractivity contribution in [2.75, 3.05) is 6.61 Å². The molecule has 1 aliphatic heterocycles. The van der Waals surface area contributed by atoms with Crippen molar-refractivity contribution >= 4 is 6.29 Å². The zero-order valence-electron chi connectivity index (χ0n) is 11.7. The van der Waals surface area contributed by atoms with E-state index in [4.69, 9.17) is 4.74 Å². The van der Waals surface area contributed by atoms with Gasteiger partial charge in [-0.1, -0.05) is 22.9 Å². The van der Waals surface area contributed by atoms with E-state index in [9.17, 15) is 4.79 Å². The first-order chi connectivity index (χ1) is 9.70. The van der Waals surface area contributed by atoms with Gasteiger partial charge in [0.05, 0.1) is 5.69 Å². The minimum Gasteiger partial charge on any atom is -0.372 e. The van der Waals surface area contributed by atoms with Gasteiger partial charge in [0.1, 0.15) is 11.8 Å². The Morgan fingerprint density at radius 1 is 1.40 bits per heavy atom. The van der Waals surface area contributed by atoms with Crippen molar-refractivity contribution in [3.05, 3.63) is 40.7 Å². The fraction of sp³-hybridized carbons (Fsp3) is 0.400. The molecule has 0 bridgehead atoms. The quantitative estimate of drug-likeness (QED) is 0.805. The van der Waals surface area contributed by atoms with Gasteiger partial charge in [-0.2, -0.15) is 0 Å². The van der Waals surface area contributed by atoms with E-state index in [-0.39, 0.29) is 6.10 Å². The van der Waals surface area contributed by atoms with Crippen LogP contribution in [-0.4, -0.2) is 27.9 Å². The lowest BCUT2D eigenvalue weighted by molar-refractivity contribution is 0.102. The molecule has 0 N–H and O–H groups in total. The van der Waals surface area contributed by atoms with Gasteiger partial charge >= 0.3 is 0 Å². The average Bonchev–Trinajstić information content (AvgIpc) is 3.06. The summed E-state index contributed by atoms with van der Waals surface area (Å²) < 4.78 is 7.45. The summed E-state index contributed by atoms with van der Waals surface area (Å²) in [6.45, 7) is 4.81. The first-order valence-electron chi connectivity index (χ1n) is 6.80. The van der Waals surface area contributed by atoms with Gasteiger partial charge in [-0.15, -0.1) is 5.10 Å². The molecule has 1 saturated heterocycles. The topological polar surface area (TPSA) is 57.0 Å². The van der Waals surface area contributed by atoms with E-state index in [1.54, 1.807) is 4.68 Å². The van der Waals surface area contributed by atoms with Crippen LogP contribution in [0.3, 0.4) is 0 Å². The van der Waals surface area contributed by atoms with Crippen LogP contribution >= 0.6 is 0 Å². The first-order valence-corrected chi connectivity index (χ1v) is 6.80. The Hall–Kier alpha value is -2.01. The van der Waals surface area contributed by atoms with Gasteiger partial charge in [-0.25, -0.2) is 4.68 Å². The number of benzene rings is 1. The summed E-state index contributed by atoms with van der Waals surface area (Å²) in [5.74, 6) is 0. The number of aromatic nitrogens is 3. The molecule has 5 nitrogen and oxygen atoms in total. The zero-order chi connectivity index (χ0) is 14.1. The van der Waals surface area contributed by atoms with Crippen molar-refractivity contribution in [1.82, 2.24) is 15.0 Å². The van der Waals surface area contributed by atoms with Crippen LogP contribution in [0, 0.1) is 13.8 Å². The number of aldehydes is 1. The van der Waals surface area contributed by atoms with Crippen molar-refractivity contribution in [2.24, 2.45) is 0 Å². The molecule has 1 unspecified atom stereocenters. The molecule has 1 aliphatic rings. The molecule has 1 atom stereocenters. The van der Waals surface area contributed by atoms with E-state index in [0.717, 1.165) is 42.7 Å². The molecule has 2 aromatic rings. The molecule has 0 spiro atoms. The van der Waals surface area contributed by atoms with Crippen molar-refractivity contribution in [3.8, 4) is 5.69 Å². The van der Waals surface area contributed by atoms with E-state index < -0.39 is 0 Å². The van der Waals surface area contributed by atoms with E-state index in [2.05, 4.69) is 23.3 Å². The monoisotopic (exact) mass is 271 g/mol. The second kappa shape index (κ2) is 5.17. The zero-order valence-corrected chi connectivity index (χ0v) is 11.7. The van der Waals surface area contributed by atoms with E-state index in [1.807, 2.05) is 19.1 Å². The molecule has 2 heterocycles. The van der Waals surface area contributed by atoms with E-state index in [1.165, 1.54) is 5.56 Å². The lowest BCUT2D eigenvalue weighted by Crippen LogP contribution is -2.10. The lowest BCUT2D eigenvalue weighted by Gasteiger charge is -2.14. The highest BCUT2D eigenvalue weighted by Crippen LogP contribution is 2.31. The smallest absolute Gasteiger partial charge is 0.172 e. The minimum absolute atomic E-state index is 0.0918. The van der Waals surface area contributed by atoms with Crippen molar-refractivity contribution in [3.63, 3.8) is 0 Å². The normalized spacial score (nSPS) is 18.4. The van der Waals surface area contributed by atoms with Gasteiger partial charge < -0.3 is 4.74 Å². The summed E-state index contributed by atoms with van der Waals surface area (Å²) in [6, 6.07) is 6.13. The number of carbonyl (C=O) groups is 1. The second-order valence-electron chi connectivity index (χ2n) is 5.18. The maximum atomic E-state index is 11.2. The van der Waals surface area contributed by atoms with Crippen LogP contribution < -0.4 is 0 Å². The second-order valence-corrected chi connectivity index (χ2v) is 5.18. The van der Waals surface area contributed by atoms with Gasteiger partial charge in [0.2, 0.25) is 0 Å². The average molecular weight is 271 g/mol. The molecule has 1 aromatic heterocycles. The summed E-state index contributed by atoms with van der Waals surface area (Å²) in [5.41, 5.74) is 4.38. The van der Waals surface area contributed by atoms with Gasteiger partial charge in [0.15, 0.2) is 12.0 Å². The predicted molar refractivity (Wildman–Crippen MR) is 74.1 cm³/mol. The number of carbonyl (C=O) groups excluding carboxylic acids is 1. The number of hydrogen-bond acceptors (Lipinski definition) is 4. The maximum Gasteiger partial charge on any atom is 0.172 e. The number of hydrogen-bond donors (Lipinski definition) is 0. The summed E-state index contributed by atoms with van der Waals surface area (Å²) in [6.07, 6.45) is 2.57. The van der Waals surface area contributed by atoms with Gasteiger partial charge in [0.25, 0.3) is 0 Å². The molecule has 3 rings (SSSR count). The fourth-order valence-electron chi connectivity index (χ4n) is 2.70. The molecule has 0 amide bonds. The molecule has 104 valence electrons. The van der Waals surface area contributed by atoms with Gasteiger partial charge in [-0.3, -0.25) is 4.79 Å². The van der Waals surface area contributed by atoms with Crippen molar-refractivity contribution < 1.29 is 9.53 Å². The molecular formula is C15H17N3O2. The third-order valence-corrected chi connectivity index (χ3v) is 3.66. The Labute approximate surface area is 117 Å². The highest BCUT2D eigenvalue weighted by atomic mass is 16.5. The van der Waals surface area contributed by atoms with Crippen molar-refractivity contribution in [2.45, 2.75) is 32.8 Å². The Bertz CT molecular complexity index is 643. The van der Waals surface area contributed by atoms with Crippen LogP contribution in [0.2, 0.25) is 0 Å². The van der Waals surface area contributed by atoms with Crippen LogP contribution in [-0.2, 0) is 4.74 Å². The highest BCUT2D eigenvalue weighted by molar-refractivity contribution is 5.74. The van der Waals surface area contributed by atoms with E-state index >= 15 is 0 Å². The Morgan fingerprint density at radius 3 is 2.90 bits per heavy atom. The van der Waals surface area contributed by atoms with Crippen LogP contribution in [0.4, 0.5) is 0 Å². The summed E-state index contributed by atoms with van der Waals surface area (Å²) in [7, 11) is 0. The van der Waals surface area contributed by atoms with Crippen LogP contribution in [0.15, 0.2) is 18.2 Å². The third kappa shape index (κ3) is 2.14. The number of aryl methyl sites for hydroxylation is 2. The SMILES string of the molecule is Cc1ccc(-n2nnc(C=O)c2C2CCCO2)c(C)c1. The van der Waals surface area contributed by atoms with E-state index in [0.29, 0.717) is 5.69 Å². The predicted octanol–water partition coefficient (Wildman–Crippen LogP) is 2.55. The summed E-state index contributed by atoms with van der Waals surface area (Å²) >= 11 is 0. The minimum atomic E-state index is -0.0918. The highest BCUT2D eigenvalue weighted by Gasteiger charge is 2.27. The largest absolute Gasteiger partial charge is 0.372 e. The molecule has 5 heteroatoms. The number of nitrogens with zero attached hydrogens (tertiary/aromatic N) is 3. The lowest BCUT2D eigenvalue weighted by atomic mass is 10.1. The molecule has 1 fully saturated rings. The Morgan fingerprint density at radius 2 is 2.25 bits per heavy atom. The summed E-state index contributed by atoms with van der Waals surface area (Å²) in [4.78, 5) is 11.2. The molecule has 1 aromatic carbocycles. The molecule has 0 radical (unpaired) electrons. The number of rotatable bonds is 3. The molecule has 0 saturated carbocycles. The molecular weight excluding hydrogens is 254 g/mol. The molecule has 0 aliphatic carbocycles. The van der Waals surface area contributed by atoms with Crippen molar-refractivity contribution in [1.29, 1.82) is 0 Å². The molecule has 20 heavy (non-hydrogen) atoms.